The lowest BCUT2D eigenvalue weighted by molar-refractivity contribution is 0.0958. The lowest BCUT2D eigenvalue weighted by Crippen LogP contribution is -2.23. The van der Waals surface area contributed by atoms with Crippen LogP contribution in [0.5, 0.6) is 0 Å². The van der Waals surface area contributed by atoms with Crippen LogP contribution in [0.15, 0.2) is 42.5 Å². The second kappa shape index (κ2) is 6.71. The van der Waals surface area contributed by atoms with Gasteiger partial charge in [0.2, 0.25) is 0 Å². The molecule has 0 heterocycles. The van der Waals surface area contributed by atoms with Crippen molar-refractivity contribution in [2.45, 2.75) is 13.8 Å². The van der Waals surface area contributed by atoms with E-state index in [2.05, 4.69) is 17.2 Å². The van der Waals surface area contributed by atoms with Crippen molar-refractivity contribution in [3.63, 3.8) is 0 Å². The Morgan fingerprint density at radius 1 is 1.10 bits per heavy atom. The molecule has 0 aliphatic heterocycles. The Morgan fingerprint density at radius 2 is 1.71 bits per heavy atom. The molecule has 1 N–H and O–H groups in total. The van der Waals surface area contributed by atoms with Crippen LogP contribution in [0, 0.1) is 31.5 Å². The third-order valence-electron chi connectivity index (χ3n) is 2.90. The normalized spacial score (nSPS) is 9.67. The number of halogens is 1. The number of aryl methyl sites for hydroxylation is 2. The summed E-state index contributed by atoms with van der Waals surface area (Å²) in [6.07, 6.45) is 0. The first kappa shape index (κ1) is 14.8. The molecule has 0 spiro atoms. The molecule has 0 fully saturated rings. The molecule has 0 radical (unpaired) electrons. The molecule has 0 unspecified atom stereocenters. The molecule has 2 aromatic rings. The minimum Gasteiger partial charge on any atom is -0.341 e. The second-order valence-corrected chi connectivity index (χ2v) is 4.87. The van der Waals surface area contributed by atoms with E-state index in [0.717, 1.165) is 16.7 Å². The average molecular weight is 281 g/mol. The molecular weight excluding hydrogens is 265 g/mol. The van der Waals surface area contributed by atoms with E-state index < -0.39 is 0 Å². The Labute approximate surface area is 124 Å². The van der Waals surface area contributed by atoms with E-state index in [4.69, 9.17) is 0 Å². The molecule has 106 valence electrons. The number of hydrogen-bond donors (Lipinski definition) is 1. The number of rotatable bonds is 2. The van der Waals surface area contributed by atoms with Gasteiger partial charge in [-0.2, -0.15) is 0 Å². The maximum atomic E-state index is 12.7. The Bertz CT molecular complexity index is 688. The molecule has 0 saturated heterocycles. The molecule has 3 heteroatoms. The highest BCUT2D eigenvalue weighted by molar-refractivity contribution is 5.94. The predicted molar refractivity (Wildman–Crippen MR) is 81.5 cm³/mol. The number of hydrogen-bond acceptors (Lipinski definition) is 1. The number of carbonyl (C=O) groups is 1. The molecule has 2 aromatic carbocycles. The number of carbonyl (C=O) groups excluding carboxylic acids is 1. The first-order chi connectivity index (χ1) is 10.0. The van der Waals surface area contributed by atoms with E-state index in [1.165, 1.54) is 12.1 Å². The van der Waals surface area contributed by atoms with Crippen molar-refractivity contribution < 1.29 is 9.18 Å². The van der Waals surface area contributed by atoms with Crippen LogP contribution in [0.2, 0.25) is 0 Å². The smallest absolute Gasteiger partial charge is 0.252 e. The Hall–Kier alpha value is -2.60. The highest BCUT2D eigenvalue weighted by Gasteiger charge is 2.04. The summed E-state index contributed by atoms with van der Waals surface area (Å²) >= 11 is 0. The summed E-state index contributed by atoms with van der Waals surface area (Å²) in [6.45, 7) is 4.17. The van der Waals surface area contributed by atoms with Crippen molar-refractivity contribution in [3.05, 3.63) is 70.5 Å². The average Bonchev–Trinajstić information content (AvgIpc) is 2.44. The lowest BCUT2D eigenvalue weighted by Gasteiger charge is -2.04. The lowest BCUT2D eigenvalue weighted by atomic mass is 10.1. The Kier molecular flexibility index (Phi) is 4.73. The maximum absolute atomic E-state index is 12.7. The van der Waals surface area contributed by atoms with E-state index >= 15 is 0 Å². The monoisotopic (exact) mass is 281 g/mol. The van der Waals surface area contributed by atoms with E-state index in [-0.39, 0.29) is 18.3 Å². The van der Waals surface area contributed by atoms with Gasteiger partial charge in [-0.25, -0.2) is 4.39 Å². The van der Waals surface area contributed by atoms with Gasteiger partial charge in [-0.1, -0.05) is 29.0 Å². The zero-order chi connectivity index (χ0) is 15.2. The van der Waals surface area contributed by atoms with Crippen LogP contribution in [0.25, 0.3) is 0 Å². The number of nitrogens with one attached hydrogen (secondary N) is 1. The van der Waals surface area contributed by atoms with Gasteiger partial charge in [-0.05, 0) is 50.2 Å². The molecule has 0 aliphatic carbocycles. The van der Waals surface area contributed by atoms with E-state index in [1.54, 1.807) is 12.1 Å². The molecule has 1 amide bonds. The molecule has 0 atom stereocenters. The van der Waals surface area contributed by atoms with Crippen molar-refractivity contribution in [2.75, 3.05) is 6.54 Å². The van der Waals surface area contributed by atoms with Gasteiger partial charge in [0.25, 0.3) is 5.91 Å². The van der Waals surface area contributed by atoms with Gasteiger partial charge in [0, 0.05) is 11.1 Å². The third-order valence-corrected chi connectivity index (χ3v) is 2.90. The molecule has 2 rings (SSSR count). The molecular formula is C18H16FNO. The van der Waals surface area contributed by atoms with Crippen LogP contribution in [-0.4, -0.2) is 12.5 Å². The van der Waals surface area contributed by atoms with Gasteiger partial charge in [0.1, 0.15) is 5.82 Å². The second-order valence-electron chi connectivity index (χ2n) is 4.87. The summed E-state index contributed by atoms with van der Waals surface area (Å²) in [6, 6.07) is 11.6. The Balaban J connectivity index is 1.94. The summed E-state index contributed by atoms with van der Waals surface area (Å²) in [5, 5.41) is 2.75. The molecule has 2 nitrogen and oxygen atoms in total. The van der Waals surface area contributed by atoms with Crippen LogP contribution < -0.4 is 5.32 Å². The topological polar surface area (TPSA) is 29.1 Å². The first-order valence-electron chi connectivity index (χ1n) is 6.65. The molecule has 0 saturated carbocycles. The summed E-state index contributed by atoms with van der Waals surface area (Å²) < 4.78 is 12.7. The molecule has 0 aromatic heterocycles. The molecule has 21 heavy (non-hydrogen) atoms. The zero-order valence-electron chi connectivity index (χ0n) is 12.0. The quantitative estimate of drug-likeness (QED) is 0.841. The van der Waals surface area contributed by atoms with Crippen molar-refractivity contribution in [1.82, 2.24) is 5.32 Å². The van der Waals surface area contributed by atoms with Gasteiger partial charge in [0.05, 0.1) is 6.54 Å². The Morgan fingerprint density at radius 3 is 2.33 bits per heavy atom. The van der Waals surface area contributed by atoms with Crippen LogP contribution in [0.3, 0.4) is 0 Å². The molecule has 0 bridgehead atoms. The fraction of sp³-hybridized carbons (Fsp3) is 0.167. The number of amides is 1. The first-order valence-corrected chi connectivity index (χ1v) is 6.65. The highest BCUT2D eigenvalue weighted by atomic mass is 19.1. The van der Waals surface area contributed by atoms with E-state index in [1.807, 2.05) is 32.0 Å². The van der Waals surface area contributed by atoms with Crippen molar-refractivity contribution in [3.8, 4) is 11.8 Å². The summed E-state index contributed by atoms with van der Waals surface area (Å²) in [7, 11) is 0. The van der Waals surface area contributed by atoms with Crippen LogP contribution in [0.4, 0.5) is 4.39 Å². The van der Waals surface area contributed by atoms with Crippen molar-refractivity contribution in [1.29, 1.82) is 0 Å². The van der Waals surface area contributed by atoms with Crippen molar-refractivity contribution in [2.24, 2.45) is 0 Å². The van der Waals surface area contributed by atoms with Gasteiger partial charge in [0.15, 0.2) is 0 Å². The van der Waals surface area contributed by atoms with Crippen LogP contribution in [-0.2, 0) is 0 Å². The fourth-order valence-electron chi connectivity index (χ4n) is 2.01. The van der Waals surface area contributed by atoms with Gasteiger partial charge in [-0.3, -0.25) is 4.79 Å². The summed E-state index contributed by atoms with van der Waals surface area (Å²) in [4.78, 5) is 12.0. The SMILES string of the molecule is Cc1cc(C)cc(C(=O)NCC#Cc2ccc(F)cc2)c1. The standard InChI is InChI=1S/C18H16FNO/c1-13-10-14(2)12-16(11-13)18(21)20-9-3-4-15-5-7-17(19)8-6-15/h5-8,10-12H,9H2,1-2H3,(H,20,21). The van der Waals surface area contributed by atoms with E-state index in [0.29, 0.717) is 5.56 Å². The van der Waals surface area contributed by atoms with E-state index in [9.17, 15) is 9.18 Å². The summed E-state index contributed by atoms with van der Waals surface area (Å²) in [5.41, 5.74) is 3.46. The van der Waals surface area contributed by atoms with Gasteiger partial charge in [-0.15, -0.1) is 0 Å². The van der Waals surface area contributed by atoms with Crippen molar-refractivity contribution >= 4 is 5.91 Å². The number of benzene rings is 2. The van der Waals surface area contributed by atoms with Gasteiger partial charge >= 0.3 is 0 Å². The third kappa shape index (κ3) is 4.47. The predicted octanol–water partition coefficient (Wildman–Crippen LogP) is 3.22. The fourth-order valence-corrected chi connectivity index (χ4v) is 2.01. The minimum atomic E-state index is -0.288. The van der Waals surface area contributed by atoms with Crippen LogP contribution in [0.1, 0.15) is 27.0 Å². The van der Waals surface area contributed by atoms with Crippen LogP contribution >= 0.6 is 0 Å². The molecule has 0 aliphatic rings. The zero-order valence-corrected chi connectivity index (χ0v) is 12.0. The minimum absolute atomic E-state index is 0.143. The maximum Gasteiger partial charge on any atom is 0.252 e. The van der Waals surface area contributed by atoms with Gasteiger partial charge < -0.3 is 5.32 Å². The summed E-state index contributed by atoms with van der Waals surface area (Å²) in [5.74, 6) is 5.29. The highest BCUT2D eigenvalue weighted by Crippen LogP contribution is 2.08. The largest absolute Gasteiger partial charge is 0.341 e.